The largest absolute Gasteiger partial charge is 0.492 e. The highest BCUT2D eigenvalue weighted by Gasteiger charge is 2.40. The van der Waals surface area contributed by atoms with E-state index in [1.165, 1.54) is 5.56 Å². The van der Waals surface area contributed by atoms with Crippen molar-refractivity contribution in [1.82, 2.24) is 5.31 Å². The molecule has 1 aromatic carbocycles. The number of benzene rings is 1. The maximum Gasteiger partial charge on any atom is 0.123 e. The van der Waals surface area contributed by atoms with Crippen LogP contribution in [0.5, 0.6) is 5.75 Å². The SMILES string of the molecule is [2H]N1CCC2(CC1)COc1ccccc12. The van der Waals surface area contributed by atoms with Gasteiger partial charge in [0, 0.05) is 11.0 Å². The van der Waals surface area contributed by atoms with Crippen molar-refractivity contribution in [3.8, 4) is 5.75 Å². The third-order valence-electron chi connectivity index (χ3n) is 3.46. The quantitative estimate of drug-likeness (QED) is 0.672. The van der Waals surface area contributed by atoms with Gasteiger partial charge in [-0.2, -0.15) is 0 Å². The molecule has 2 aliphatic heterocycles. The van der Waals surface area contributed by atoms with Crippen molar-refractivity contribution in [2.75, 3.05) is 19.7 Å². The van der Waals surface area contributed by atoms with Crippen LogP contribution in [0.1, 0.15) is 18.4 Å². The monoisotopic (exact) mass is 190 g/mol. The summed E-state index contributed by atoms with van der Waals surface area (Å²) in [5.41, 5.74) is 1.56. The van der Waals surface area contributed by atoms with Crippen molar-refractivity contribution in [3.05, 3.63) is 29.8 Å². The van der Waals surface area contributed by atoms with E-state index in [0.717, 1.165) is 38.3 Å². The molecule has 0 unspecified atom stereocenters. The molecule has 0 aliphatic carbocycles. The molecular formula is C12H15NO. The standard InChI is InChI=1S/C12H15NO/c1-2-4-11-10(3-1)12(9-14-11)5-7-13-8-6-12/h1-4,13H,5-9H2/i/hD. The smallest absolute Gasteiger partial charge is 0.123 e. The average molecular weight is 190 g/mol. The van der Waals surface area contributed by atoms with Crippen LogP contribution in [0.25, 0.3) is 0 Å². The van der Waals surface area contributed by atoms with E-state index in [1.807, 2.05) is 6.07 Å². The Bertz CT molecular complexity index is 372. The molecule has 0 bridgehead atoms. The van der Waals surface area contributed by atoms with Crippen molar-refractivity contribution in [3.63, 3.8) is 0 Å². The number of hydrogen-bond donors (Lipinski definition) is 1. The number of para-hydroxylation sites is 1. The van der Waals surface area contributed by atoms with Crippen LogP contribution in [0.15, 0.2) is 24.3 Å². The molecule has 1 fully saturated rings. The Balaban J connectivity index is 1.95. The first-order chi connectivity index (χ1) is 7.30. The van der Waals surface area contributed by atoms with E-state index in [-0.39, 0.29) is 5.41 Å². The van der Waals surface area contributed by atoms with Crippen LogP contribution in [0.3, 0.4) is 0 Å². The van der Waals surface area contributed by atoms with E-state index in [2.05, 4.69) is 18.2 Å². The molecule has 14 heavy (non-hydrogen) atoms. The lowest BCUT2D eigenvalue weighted by Gasteiger charge is -2.32. The fourth-order valence-electron chi connectivity index (χ4n) is 2.56. The molecule has 0 saturated carbocycles. The minimum absolute atomic E-state index is 0.203. The van der Waals surface area contributed by atoms with Crippen molar-refractivity contribution < 1.29 is 6.15 Å². The van der Waals surface area contributed by atoms with E-state index in [9.17, 15) is 0 Å². The molecule has 1 spiro atoms. The summed E-state index contributed by atoms with van der Waals surface area (Å²) in [6.45, 7) is 2.52. The predicted octanol–water partition coefficient (Wildman–Crippen LogP) is 1.70. The lowest BCUT2D eigenvalue weighted by Crippen LogP contribution is -2.40. The molecule has 2 aliphatic rings. The van der Waals surface area contributed by atoms with Crippen molar-refractivity contribution in [2.24, 2.45) is 0 Å². The van der Waals surface area contributed by atoms with Gasteiger partial charge in [-0.25, -0.2) is 0 Å². The number of fused-ring (bicyclic) bond motifs is 2. The van der Waals surface area contributed by atoms with Crippen LogP contribution in [-0.4, -0.2) is 19.7 Å². The van der Waals surface area contributed by atoms with Crippen molar-refractivity contribution in [2.45, 2.75) is 18.3 Å². The van der Waals surface area contributed by atoms with Gasteiger partial charge in [-0.3, -0.25) is 0 Å². The third kappa shape index (κ3) is 1.07. The molecule has 2 heteroatoms. The highest BCUT2D eigenvalue weighted by Crippen LogP contribution is 2.43. The number of ether oxygens (including phenoxy) is 1. The number of hydrogen-bond acceptors (Lipinski definition) is 2. The minimum atomic E-state index is 0.203. The first-order valence-corrected chi connectivity index (χ1v) is 5.26. The molecule has 2 heterocycles. The topological polar surface area (TPSA) is 21.3 Å². The van der Waals surface area contributed by atoms with Crippen LogP contribution in [0, 0.1) is 0 Å². The second kappa shape index (κ2) is 2.99. The zero-order valence-electron chi connectivity index (χ0n) is 9.20. The Labute approximate surface area is 85.7 Å². The van der Waals surface area contributed by atoms with Crippen molar-refractivity contribution >= 4 is 0 Å². The second-order valence-corrected chi connectivity index (χ2v) is 4.24. The van der Waals surface area contributed by atoms with Gasteiger partial charge in [-0.15, -0.1) is 0 Å². The van der Waals surface area contributed by atoms with Gasteiger partial charge in [0.2, 0.25) is 0 Å². The van der Waals surface area contributed by atoms with Crippen LogP contribution < -0.4 is 10.0 Å². The van der Waals surface area contributed by atoms with E-state index >= 15 is 0 Å². The summed E-state index contributed by atoms with van der Waals surface area (Å²) in [5.74, 6) is 1.05. The van der Waals surface area contributed by atoms with Crippen LogP contribution in [0.4, 0.5) is 0 Å². The normalized spacial score (nSPS) is 25.6. The maximum absolute atomic E-state index is 7.60. The zero-order chi connectivity index (χ0) is 10.3. The molecule has 1 saturated heterocycles. The van der Waals surface area contributed by atoms with Gasteiger partial charge in [0.1, 0.15) is 7.16 Å². The molecule has 1 N–H and O–H groups in total. The Hall–Kier alpha value is -1.02. The molecule has 0 aromatic heterocycles. The van der Waals surface area contributed by atoms with E-state index < -0.39 is 0 Å². The van der Waals surface area contributed by atoms with E-state index in [4.69, 9.17) is 6.15 Å². The van der Waals surface area contributed by atoms with Crippen molar-refractivity contribution in [1.29, 1.82) is 0 Å². The van der Waals surface area contributed by atoms with Crippen LogP contribution in [0.2, 0.25) is 1.41 Å². The first kappa shape index (κ1) is 7.30. The highest BCUT2D eigenvalue weighted by molar-refractivity contribution is 5.43. The van der Waals surface area contributed by atoms with E-state index in [0.29, 0.717) is 0 Å². The highest BCUT2D eigenvalue weighted by atomic mass is 16.5. The summed E-state index contributed by atoms with van der Waals surface area (Å²) in [7, 11) is 0. The van der Waals surface area contributed by atoms with E-state index in [1.54, 1.807) is 5.31 Å². The molecule has 1 aromatic rings. The minimum Gasteiger partial charge on any atom is -0.492 e. The van der Waals surface area contributed by atoms with Gasteiger partial charge in [0.15, 0.2) is 0 Å². The van der Waals surface area contributed by atoms with Gasteiger partial charge >= 0.3 is 0 Å². The Morgan fingerprint density at radius 2 is 2.07 bits per heavy atom. The number of nitrogens with one attached hydrogen (secondary N) is 1. The fourth-order valence-corrected chi connectivity index (χ4v) is 2.56. The summed E-state index contributed by atoms with van der Waals surface area (Å²) in [5, 5.41) is 1.66. The maximum atomic E-state index is 7.60. The van der Waals surface area contributed by atoms with Crippen LogP contribution in [-0.2, 0) is 5.41 Å². The fraction of sp³-hybridized carbons (Fsp3) is 0.500. The lowest BCUT2D eigenvalue weighted by atomic mass is 9.75. The van der Waals surface area contributed by atoms with Gasteiger partial charge in [-0.1, -0.05) is 18.2 Å². The Kier molecular flexibility index (Phi) is 1.56. The molecular weight excluding hydrogens is 174 g/mol. The van der Waals surface area contributed by atoms with Crippen LogP contribution >= 0.6 is 0 Å². The predicted molar refractivity (Wildman–Crippen MR) is 55.7 cm³/mol. The summed E-state index contributed by atoms with van der Waals surface area (Å²) < 4.78 is 13.3. The van der Waals surface area contributed by atoms with Gasteiger partial charge in [-0.05, 0) is 32.0 Å². The summed E-state index contributed by atoms with van der Waals surface area (Å²) in [6.07, 6.45) is 2.10. The molecule has 3 rings (SSSR count). The number of rotatable bonds is 0. The molecule has 0 atom stereocenters. The molecule has 2 nitrogen and oxygen atoms in total. The molecule has 0 amide bonds. The summed E-state index contributed by atoms with van der Waals surface area (Å²) in [6, 6.07) is 8.35. The molecule has 74 valence electrons. The Morgan fingerprint density at radius 3 is 2.93 bits per heavy atom. The number of piperidine rings is 1. The Morgan fingerprint density at radius 1 is 1.29 bits per heavy atom. The summed E-state index contributed by atoms with van der Waals surface area (Å²) in [4.78, 5) is 0. The third-order valence-corrected chi connectivity index (χ3v) is 3.46. The first-order valence-electron chi connectivity index (χ1n) is 5.71. The second-order valence-electron chi connectivity index (χ2n) is 4.24. The average Bonchev–Trinajstić information content (AvgIpc) is 2.63. The summed E-state index contributed by atoms with van der Waals surface area (Å²) >= 11 is 0. The lowest BCUT2D eigenvalue weighted by molar-refractivity contribution is 0.220. The molecule has 0 radical (unpaired) electrons. The van der Waals surface area contributed by atoms with Gasteiger partial charge < -0.3 is 10.0 Å². The zero-order valence-corrected chi connectivity index (χ0v) is 8.20. The van der Waals surface area contributed by atoms with Gasteiger partial charge in [0.25, 0.3) is 0 Å². The van der Waals surface area contributed by atoms with Gasteiger partial charge in [0.05, 0.1) is 6.61 Å².